The third kappa shape index (κ3) is 4.72. The van der Waals surface area contributed by atoms with E-state index in [0.717, 1.165) is 0 Å². The number of amides is 1. The van der Waals surface area contributed by atoms with E-state index < -0.39 is 10.0 Å². The van der Waals surface area contributed by atoms with E-state index >= 15 is 0 Å². The first kappa shape index (κ1) is 22.1. The molecule has 0 saturated carbocycles. The quantitative estimate of drug-likeness (QED) is 0.538. The Morgan fingerprint density at radius 1 is 0.969 bits per heavy atom. The number of sulfonamides is 1. The van der Waals surface area contributed by atoms with Gasteiger partial charge in [0.1, 0.15) is 5.69 Å². The Balaban J connectivity index is 1.66. The van der Waals surface area contributed by atoms with Crippen LogP contribution < -0.4 is 0 Å². The number of ether oxygens (including phenoxy) is 1. The van der Waals surface area contributed by atoms with Gasteiger partial charge in [-0.25, -0.2) is 8.42 Å². The summed E-state index contributed by atoms with van der Waals surface area (Å²) in [6, 6.07) is 13.8. The Morgan fingerprint density at radius 3 is 2.09 bits per heavy atom. The molecule has 4 heterocycles. The summed E-state index contributed by atoms with van der Waals surface area (Å²) in [6.07, 6.45) is 3.26. The lowest BCUT2D eigenvalue weighted by molar-refractivity contribution is 0.0296. The molecule has 0 atom stereocenters. The normalized spacial score (nSPS) is 14.6. The molecule has 0 unspecified atom stereocenters. The molecule has 0 aromatic carbocycles. The summed E-state index contributed by atoms with van der Waals surface area (Å²) >= 11 is 0. The molecule has 1 amide bonds. The number of pyridine rings is 2. The lowest BCUT2D eigenvalue weighted by Gasteiger charge is -2.27. The Hall–Kier alpha value is -3.08. The summed E-state index contributed by atoms with van der Waals surface area (Å²) in [6.45, 7) is 2.08. The van der Waals surface area contributed by atoms with Crippen molar-refractivity contribution in [3.8, 4) is 0 Å². The highest BCUT2D eigenvalue weighted by atomic mass is 32.2. The first-order chi connectivity index (χ1) is 15.5. The second-order valence-electron chi connectivity index (χ2n) is 7.44. The van der Waals surface area contributed by atoms with Gasteiger partial charge < -0.3 is 14.2 Å². The van der Waals surface area contributed by atoms with Crippen LogP contribution in [0.1, 0.15) is 21.9 Å². The predicted molar refractivity (Wildman–Crippen MR) is 117 cm³/mol. The van der Waals surface area contributed by atoms with Crippen molar-refractivity contribution in [3.63, 3.8) is 0 Å². The van der Waals surface area contributed by atoms with Crippen LogP contribution in [0.2, 0.25) is 0 Å². The van der Waals surface area contributed by atoms with Gasteiger partial charge in [-0.1, -0.05) is 12.1 Å². The van der Waals surface area contributed by atoms with Crippen LogP contribution in [-0.2, 0) is 34.9 Å². The number of morpholine rings is 1. The zero-order chi connectivity index (χ0) is 22.6. The topological polar surface area (TPSA) is 97.6 Å². The number of nitrogens with zero attached hydrogens (tertiary/aromatic N) is 5. The van der Waals surface area contributed by atoms with Gasteiger partial charge in [-0.05, 0) is 36.4 Å². The molecule has 3 aromatic heterocycles. The van der Waals surface area contributed by atoms with E-state index in [-0.39, 0.29) is 24.0 Å². The van der Waals surface area contributed by atoms with Gasteiger partial charge in [-0.3, -0.25) is 14.8 Å². The van der Waals surface area contributed by atoms with Crippen molar-refractivity contribution in [2.45, 2.75) is 18.1 Å². The molecule has 0 N–H and O–H groups in total. The fraction of sp³-hybridized carbons (Fsp3) is 0.318. The molecular formula is C22H25N5O4S. The van der Waals surface area contributed by atoms with Crippen LogP contribution in [0.15, 0.2) is 66.0 Å². The van der Waals surface area contributed by atoms with Crippen LogP contribution >= 0.6 is 0 Å². The Bertz CT molecular complexity index is 1120. The Labute approximate surface area is 187 Å². The molecule has 0 bridgehead atoms. The van der Waals surface area contributed by atoms with Crippen LogP contribution in [0, 0.1) is 0 Å². The summed E-state index contributed by atoms with van der Waals surface area (Å²) < 4.78 is 35.4. The van der Waals surface area contributed by atoms with E-state index in [4.69, 9.17) is 4.74 Å². The minimum atomic E-state index is -3.95. The van der Waals surface area contributed by atoms with Crippen molar-refractivity contribution in [3.05, 3.63) is 78.0 Å². The predicted octanol–water partition coefficient (Wildman–Crippen LogP) is 1.68. The van der Waals surface area contributed by atoms with Gasteiger partial charge in [0.2, 0.25) is 0 Å². The van der Waals surface area contributed by atoms with Crippen molar-refractivity contribution in [2.24, 2.45) is 7.05 Å². The molecular weight excluding hydrogens is 430 g/mol. The number of rotatable bonds is 7. The largest absolute Gasteiger partial charge is 0.378 e. The maximum atomic E-state index is 13.7. The van der Waals surface area contributed by atoms with Crippen LogP contribution in [0.5, 0.6) is 0 Å². The van der Waals surface area contributed by atoms with Gasteiger partial charge in [-0.2, -0.15) is 4.31 Å². The molecule has 9 nitrogen and oxygen atoms in total. The maximum absolute atomic E-state index is 13.7. The third-order valence-electron chi connectivity index (χ3n) is 5.33. The average molecular weight is 456 g/mol. The summed E-state index contributed by atoms with van der Waals surface area (Å²) in [5.74, 6) is -0.210. The van der Waals surface area contributed by atoms with E-state index in [2.05, 4.69) is 9.97 Å². The van der Waals surface area contributed by atoms with Gasteiger partial charge in [0, 0.05) is 32.5 Å². The highest BCUT2D eigenvalue weighted by molar-refractivity contribution is 7.89. The molecule has 1 fully saturated rings. The molecule has 168 valence electrons. The van der Waals surface area contributed by atoms with Crippen molar-refractivity contribution in [2.75, 3.05) is 26.3 Å². The minimum absolute atomic E-state index is 0.0426. The molecule has 4 rings (SSSR count). The number of carbonyl (C=O) groups is 1. The molecule has 1 saturated heterocycles. The highest BCUT2D eigenvalue weighted by Crippen LogP contribution is 2.23. The zero-order valence-corrected chi connectivity index (χ0v) is 18.6. The lowest BCUT2D eigenvalue weighted by Crippen LogP contribution is -2.41. The van der Waals surface area contributed by atoms with Crippen LogP contribution in [0.3, 0.4) is 0 Å². The van der Waals surface area contributed by atoms with Gasteiger partial charge in [0.25, 0.3) is 15.9 Å². The molecule has 0 aliphatic carbocycles. The molecule has 1 aliphatic rings. The van der Waals surface area contributed by atoms with Crippen LogP contribution in [0.25, 0.3) is 0 Å². The fourth-order valence-electron chi connectivity index (χ4n) is 3.60. The van der Waals surface area contributed by atoms with Crippen molar-refractivity contribution >= 4 is 15.9 Å². The monoisotopic (exact) mass is 455 g/mol. The van der Waals surface area contributed by atoms with Gasteiger partial charge in [0.15, 0.2) is 5.03 Å². The second-order valence-corrected chi connectivity index (χ2v) is 9.32. The van der Waals surface area contributed by atoms with E-state index in [1.165, 1.54) is 14.9 Å². The standard InChI is InChI=1S/C22H25N5O4S/c1-25-20(22(28)26-12-14-31-15-13-26)8-9-21(25)32(29,30)27(16-18-6-2-4-10-23-18)17-19-7-3-5-11-24-19/h2-11H,12-17H2,1H3. The Morgan fingerprint density at radius 2 is 1.56 bits per heavy atom. The molecule has 32 heavy (non-hydrogen) atoms. The lowest BCUT2D eigenvalue weighted by atomic mass is 10.3. The molecule has 1 aliphatic heterocycles. The van der Waals surface area contributed by atoms with E-state index in [0.29, 0.717) is 43.4 Å². The fourth-order valence-corrected chi connectivity index (χ4v) is 5.15. The third-order valence-corrected chi connectivity index (χ3v) is 7.20. The number of carbonyl (C=O) groups excluding carboxylic acids is 1. The van der Waals surface area contributed by atoms with Crippen molar-refractivity contribution in [1.82, 2.24) is 23.7 Å². The van der Waals surface area contributed by atoms with Crippen LogP contribution in [-0.4, -0.2) is 64.4 Å². The van der Waals surface area contributed by atoms with Gasteiger partial charge >= 0.3 is 0 Å². The maximum Gasteiger partial charge on any atom is 0.270 e. The van der Waals surface area contributed by atoms with E-state index in [9.17, 15) is 13.2 Å². The van der Waals surface area contributed by atoms with E-state index in [1.54, 1.807) is 54.7 Å². The average Bonchev–Trinajstić information content (AvgIpc) is 3.22. The molecule has 0 spiro atoms. The van der Waals surface area contributed by atoms with Gasteiger partial charge in [0.05, 0.1) is 37.7 Å². The molecule has 0 radical (unpaired) electrons. The second kappa shape index (κ2) is 9.60. The SMILES string of the molecule is Cn1c(C(=O)N2CCOCC2)ccc1S(=O)(=O)N(Cc1ccccn1)Cc1ccccn1. The van der Waals surface area contributed by atoms with E-state index in [1.807, 2.05) is 12.1 Å². The zero-order valence-electron chi connectivity index (χ0n) is 17.8. The van der Waals surface area contributed by atoms with Crippen molar-refractivity contribution < 1.29 is 17.9 Å². The molecule has 10 heteroatoms. The summed E-state index contributed by atoms with van der Waals surface area (Å²) in [5.41, 5.74) is 1.55. The smallest absolute Gasteiger partial charge is 0.270 e. The number of hydrogen-bond acceptors (Lipinski definition) is 6. The first-order valence-electron chi connectivity index (χ1n) is 10.3. The first-order valence-corrected chi connectivity index (χ1v) is 11.7. The van der Waals surface area contributed by atoms with Crippen LogP contribution in [0.4, 0.5) is 0 Å². The summed E-state index contributed by atoms with van der Waals surface area (Å²) in [5, 5.41) is 0.0426. The number of aromatic nitrogens is 3. The highest BCUT2D eigenvalue weighted by Gasteiger charge is 2.31. The molecule has 3 aromatic rings. The number of hydrogen-bond donors (Lipinski definition) is 0. The summed E-state index contributed by atoms with van der Waals surface area (Å²) in [4.78, 5) is 23.2. The summed E-state index contributed by atoms with van der Waals surface area (Å²) in [7, 11) is -2.35. The Kier molecular flexibility index (Phi) is 6.63. The van der Waals surface area contributed by atoms with Gasteiger partial charge in [-0.15, -0.1) is 0 Å². The minimum Gasteiger partial charge on any atom is -0.378 e. The van der Waals surface area contributed by atoms with Crippen molar-refractivity contribution in [1.29, 1.82) is 0 Å².